The third-order valence-corrected chi connectivity index (χ3v) is 4.92. The molecule has 2 N–H and O–H groups in total. The summed E-state index contributed by atoms with van der Waals surface area (Å²) < 4.78 is 21.9. The van der Waals surface area contributed by atoms with E-state index in [-0.39, 0.29) is 19.1 Å². The number of carbonyl (C=O) groups is 2. The van der Waals surface area contributed by atoms with E-state index in [1.54, 1.807) is 60.7 Å². The summed E-state index contributed by atoms with van der Waals surface area (Å²) in [6, 6.07) is 19.0. The monoisotopic (exact) mass is 511 g/mol. The zero-order chi connectivity index (χ0) is 25.8. The highest BCUT2D eigenvalue weighted by atomic mass is 35.5. The first kappa shape index (κ1) is 26.4. The van der Waals surface area contributed by atoms with Crippen LogP contribution in [0.3, 0.4) is 0 Å². The van der Waals surface area contributed by atoms with Crippen molar-refractivity contribution in [2.24, 2.45) is 5.10 Å². The fourth-order valence-corrected chi connectivity index (χ4v) is 3.18. The van der Waals surface area contributed by atoms with E-state index in [2.05, 4.69) is 15.8 Å². The molecule has 0 aliphatic carbocycles. The van der Waals surface area contributed by atoms with Crippen LogP contribution in [0, 0.1) is 0 Å². The molecule has 3 aromatic carbocycles. The number of nitrogens with zero attached hydrogens (tertiary/aromatic N) is 1. The maximum absolute atomic E-state index is 12.3. The third kappa shape index (κ3) is 7.92. The van der Waals surface area contributed by atoms with Crippen molar-refractivity contribution in [2.45, 2.75) is 6.92 Å². The SMILES string of the molecule is CCOc1cc(/C=N/NC(=O)COc2ccccc2Cl)ccc1OCC(=O)Nc1ccccc1OC. The molecule has 0 bridgehead atoms. The molecule has 10 heteroatoms. The van der Waals surface area contributed by atoms with Crippen molar-refractivity contribution in [3.05, 3.63) is 77.3 Å². The molecule has 0 heterocycles. The smallest absolute Gasteiger partial charge is 0.277 e. The molecule has 9 nitrogen and oxygen atoms in total. The first-order chi connectivity index (χ1) is 17.5. The van der Waals surface area contributed by atoms with Crippen LogP contribution in [0.2, 0.25) is 5.02 Å². The number of hydrogen-bond donors (Lipinski definition) is 2. The van der Waals surface area contributed by atoms with Crippen LogP contribution >= 0.6 is 11.6 Å². The zero-order valence-corrected chi connectivity index (χ0v) is 20.6. The zero-order valence-electron chi connectivity index (χ0n) is 19.8. The lowest BCUT2D eigenvalue weighted by molar-refractivity contribution is -0.123. The first-order valence-corrected chi connectivity index (χ1v) is 11.4. The maximum atomic E-state index is 12.3. The normalized spacial score (nSPS) is 10.5. The molecule has 0 aliphatic rings. The number of hydrazone groups is 1. The Bertz CT molecular complexity index is 1220. The maximum Gasteiger partial charge on any atom is 0.277 e. The Morgan fingerprint density at radius 3 is 2.31 bits per heavy atom. The number of benzene rings is 3. The quantitative estimate of drug-likeness (QED) is 0.277. The van der Waals surface area contributed by atoms with E-state index in [1.165, 1.54) is 13.3 Å². The first-order valence-electron chi connectivity index (χ1n) is 11.0. The van der Waals surface area contributed by atoms with Crippen LogP contribution in [0.25, 0.3) is 0 Å². The van der Waals surface area contributed by atoms with Crippen LogP contribution in [0.5, 0.6) is 23.0 Å². The second-order valence-corrected chi connectivity index (χ2v) is 7.60. The predicted octanol–water partition coefficient (Wildman–Crippen LogP) is 4.29. The lowest BCUT2D eigenvalue weighted by Crippen LogP contribution is -2.24. The predicted molar refractivity (Wildman–Crippen MR) is 137 cm³/mol. The van der Waals surface area contributed by atoms with Gasteiger partial charge in [0.25, 0.3) is 11.8 Å². The number of nitrogens with one attached hydrogen (secondary N) is 2. The van der Waals surface area contributed by atoms with Crippen molar-refractivity contribution in [3.8, 4) is 23.0 Å². The number of hydrogen-bond acceptors (Lipinski definition) is 7. The van der Waals surface area contributed by atoms with Gasteiger partial charge in [-0.1, -0.05) is 35.9 Å². The van der Waals surface area contributed by atoms with Crippen LogP contribution in [0.4, 0.5) is 5.69 Å². The highest BCUT2D eigenvalue weighted by molar-refractivity contribution is 6.32. The third-order valence-electron chi connectivity index (χ3n) is 4.61. The molecule has 36 heavy (non-hydrogen) atoms. The number of halogens is 1. The van der Waals surface area contributed by atoms with Gasteiger partial charge in [0.1, 0.15) is 11.5 Å². The molecular formula is C26H26ClN3O6. The largest absolute Gasteiger partial charge is 0.495 e. The van der Waals surface area contributed by atoms with Gasteiger partial charge in [0.2, 0.25) is 0 Å². The lowest BCUT2D eigenvalue weighted by atomic mass is 10.2. The van der Waals surface area contributed by atoms with Gasteiger partial charge in [-0.3, -0.25) is 9.59 Å². The minimum absolute atomic E-state index is 0.229. The molecule has 188 valence electrons. The van der Waals surface area contributed by atoms with Crippen molar-refractivity contribution in [2.75, 3.05) is 32.2 Å². The van der Waals surface area contributed by atoms with Crippen molar-refractivity contribution in [1.29, 1.82) is 0 Å². The van der Waals surface area contributed by atoms with Gasteiger partial charge in [-0.2, -0.15) is 5.10 Å². The Kier molecular flexibility index (Phi) is 9.96. The van der Waals surface area contributed by atoms with Crippen LogP contribution in [-0.2, 0) is 9.59 Å². The van der Waals surface area contributed by atoms with Gasteiger partial charge in [-0.05, 0) is 55.0 Å². The molecule has 0 aliphatic heterocycles. The number of rotatable bonds is 12. The fraction of sp³-hybridized carbons (Fsp3) is 0.192. The number of ether oxygens (including phenoxy) is 4. The van der Waals surface area contributed by atoms with Gasteiger partial charge in [0, 0.05) is 0 Å². The van der Waals surface area contributed by atoms with Gasteiger partial charge >= 0.3 is 0 Å². The summed E-state index contributed by atoms with van der Waals surface area (Å²) in [6.45, 7) is 1.75. The van der Waals surface area contributed by atoms with Gasteiger partial charge in [-0.25, -0.2) is 5.43 Å². The van der Waals surface area contributed by atoms with Gasteiger partial charge in [-0.15, -0.1) is 0 Å². The number of carbonyl (C=O) groups excluding carboxylic acids is 2. The summed E-state index contributed by atoms with van der Waals surface area (Å²) in [6.07, 6.45) is 1.45. The molecule has 3 aromatic rings. The lowest BCUT2D eigenvalue weighted by Gasteiger charge is -2.13. The Morgan fingerprint density at radius 2 is 1.56 bits per heavy atom. The summed E-state index contributed by atoms with van der Waals surface area (Å²) in [5, 5.41) is 7.10. The minimum Gasteiger partial charge on any atom is -0.495 e. The minimum atomic E-state index is -0.447. The number of anilines is 1. The molecule has 0 saturated carbocycles. The number of amides is 2. The van der Waals surface area contributed by atoms with E-state index in [9.17, 15) is 9.59 Å². The summed E-state index contributed by atoms with van der Waals surface area (Å²) >= 11 is 6.00. The van der Waals surface area contributed by atoms with Crippen molar-refractivity contribution < 1.29 is 28.5 Å². The van der Waals surface area contributed by atoms with Gasteiger partial charge < -0.3 is 24.3 Å². The molecule has 0 radical (unpaired) electrons. The Hall–Kier alpha value is -4.24. The van der Waals surface area contributed by atoms with E-state index in [0.29, 0.717) is 45.9 Å². The van der Waals surface area contributed by atoms with Crippen molar-refractivity contribution >= 4 is 35.3 Å². The molecular weight excluding hydrogens is 486 g/mol. The highest BCUT2D eigenvalue weighted by Crippen LogP contribution is 2.28. The van der Waals surface area contributed by atoms with E-state index in [4.69, 9.17) is 30.5 Å². The van der Waals surface area contributed by atoms with Crippen LogP contribution in [0.15, 0.2) is 71.8 Å². The summed E-state index contributed by atoms with van der Waals surface area (Å²) in [5.41, 5.74) is 3.58. The van der Waals surface area contributed by atoms with Crippen molar-refractivity contribution in [3.63, 3.8) is 0 Å². The summed E-state index contributed by atoms with van der Waals surface area (Å²) in [4.78, 5) is 24.3. The van der Waals surface area contributed by atoms with Crippen LogP contribution in [-0.4, -0.2) is 45.0 Å². The Labute approximate surface area is 214 Å². The van der Waals surface area contributed by atoms with E-state index >= 15 is 0 Å². The Morgan fingerprint density at radius 1 is 0.861 bits per heavy atom. The highest BCUT2D eigenvalue weighted by Gasteiger charge is 2.11. The van der Waals surface area contributed by atoms with E-state index in [1.807, 2.05) is 13.0 Å². The molecule has 0 spiro atoms. The standard InChI is InChI=1S/C26H26ClN3O6/c1-3-34-24-14-18(15-28-30-26(32)17-35-21-10-6-4-8-19(21)27)12-13-23(24)36-16-25(31)29-20-9-5-7-11-22(20)33-2/h4-15H,3,16-17H2,1-2H3,(H,29,31)(H,30,32)/b28-15+. The van der Waals surface area contributed by atoms with Crippen LogP contribution < -0.4 is 29.7 Å². The summed E-state index contributed by atoms with van der Waals surface area (Å²) in [7, 11) is 1.53. The van der Waals surface area contributed by atoms with Crippen molar-refractivity contribution in [1.82, 2.24) is 5.43 Å². The second-order valence-electron chi connectivity index (χ2n) is 7.19. The molecule has 0 aromatic heterocycles. The number of methoxy groups -OCH3 is 1. The van der Waals surface area contributed by atoms with E-state index < -0.39 is 5.91 Å². The van der Waals surface area contributed by atoms with Gasteiger partial charge in [0.15, 0.2) is 24.7 Å². The summed E-state index contributed by atoms with van der Waals surface area (Å²) in [5.74, 6) is 0.978. The molecule has 3 rings (SSSR count). The molecule has 0 unspecified atom stereocenters. The average Bonchev–Trinajstić information content (AvgIpc) is 2.88. The van der Waals surface area contributed by atoms with Crippen LogP contribution in [0.1, 0.15) is 12.5 Å². The molecule has 0 fully saturated rings. The molecule has 2 amide bonds. The average molecular weight is 512 g/mol. The second kappa shape index (κ2) is 13.6. The fourth-order valence-electron chi connectivity index (χ4n) is 2.99. The van der Waals surface area contributed by atoms with Gasteiger partial charge in [0.05, 0.1) is 30.6 Å². The topological polar surface area (TPSA) is 107 Å². The molecule has 0 atom stereocenters. The number of para-hydroxylation sites is 3. The molecule has 0 saturated heterocycles. The van der Waals surface area contributed by atoms with E-state index in [0.717, 1.165) is 0 Å². The Balaban J connectivity index is 1.54.